The van der Waals surface area contributed by atoms with Gasteiger partial charge in [0, 0.05) is 0 Å². The van der Waals surface area contributed by atoms with Crippen molar-refractivity contribution < 1.29 is 53.1 Å². The molecular weight excluding hydrogens is 297 g/mol. The summed E-state index contributed by atoms with van der Waals surface area (Å²) >= 11 is 0. The molecule has 1 unspecified atom stereocenters. The zero-order valence-electron chi connectivity index (χ0n) is 7.64. The number of hydrogen-bond donors (Lipinski definition) is 0. The Morgan fingerprint density at radius 2 is 1.00 bits per heavy atom. The van der Waals surface area contributed by atoms with E-state index >= 15 is 0 Å². The third-order valence-corrected chi connectivity index (χ3v) is 1.64. The van der Waals surface area contributed by atoms with E-state index in [1.807, 2.05) is 0 Å². The number of alkyl halides is 11. The number of ketones is 1. The summed E-state index contributed by atoms with van der Waals surface area (Å²) in [5, 5.41) is 0. The van der Waals surface area contributed by atoms with Gasteiger partial charge in [-0.1, -0.05) is 0 Å². The highest BCUT2D eigenvalue weighted by atomic mass is 19.4. The van der Waals surface area contributed by atoms with E-state index in [4.69, 9.17) is 0 Å². The maximum absolute atomic E-state index is 12.6. The number of carbonyl (C=O) groups is 1. The zero-order valence-corrected chi connectivity index (χ0v) is 7.64. The number of Topliss-reactive ketones (excluding diaryl/α,β-unsaturated/α-hetero) is 1. The molecule has 0 bridgehead atoms. The normalized spacial score (nSPS) is 16.6. The van der Waals surface area contributed by atoms with Gasteiger partial charge in [-0.3, -0.25) is 4.79 Å². The SMILES string of the molecule is O=C(C(F)C(F)(F)F)C(F)(C(F)(F)F)C(F)(F)F. The lowest BCUT2D eigenvalue weighted by Crippen LogP contribution is -2.62. The van der Waals surface area contributed by atoms with Crippen molar-refractivity contribution in [1.29, 1.82) is 0 Å². The Balaban J connectivity index is 5.75. The van der Waals surface area contributed by atoms with Crippen LogP contribution in [0.2, 0.25) is 0 Å². The molecule has 0 heterocycles. The van der Waals surface area contributed by atoms with E-state index in [0.717, 1.165) is 0 Å². The summed E-state index contributed by atoms with van der Waals surface area (Å²) in [4.78, 5) is 10.2. The van der Waals surface area contributed by atoms with E-state index in [0.29, 0.717) is 0 Å². The molecule has 0 N–H and O–H groups in total. The Hall–Kier alpha value is -1.10. The molecule has 0 saturated heterocycles. The van der Waals surface area contributed by atoms with Crippen LogP contribution in [0.25, 0.3) is 0 Å². The summed E-state index contributed by atoms with van der Waals surface area (Å²) in [7, 11) is 0. The van der Waals surface area contributed by atoms with Gasteiger partial charge >= 0.3 is 24.2 Å². The van der Waals surface area contributed by atoms with Gasteiger partial charge in [0.2, 0.25) is 5.78 Å². The summed E-state index contributed by atoms with van der Waals surface area (Å²) < 4.78 is 130. The average molecular weight is 298 g/mol. The van der Waals surface area contributed by atoms with E-state index < -0.39 is 36.2 Å². The molecule has 0 amide bonds. The molecule has 0 radical (unpaired) electrons. The van der Waals surface area contributed by atoms with Gasteiger partial charge in [0.05, 0.1) is 0 Å². The zero-order chi connectivity index (χ0) is 15.2. The van der Waals surface area contributed by atoms with Crippen LogP contribution in [0.15, 0.2) is 0 Å². The summed E-state index contributed by atoms with van der Waals surface area (Å²) in [5.74, 6) is -4.31. The largest absolute Gasteiger partial charge is 0.439 e. The topological polar surface area (TPSA) is 17.1 Å². The Bertz CT molecular complexity index is 306. The van der Waals surface area contributed by atoms with Crippen LogP contribution in [0, 0.1) is 0 Å². The predicted molar refractivity (Wildman–Crippen MR) is 31.9 cm³/mol. The lowest BCUT2D eigenvalue weighted by molar-refractivity contribution is -0.329. The van der Waals surface area contributed by atoms with Crippen molar-refractivity contribution in [3.05, 3.63) is 0 Å². The Morgan fingerprint density at radius 3 is 1.17 bits per heavy atom. The summed E-state index contributed by atoms with van der Waals surface area (Å²) in [6, 6.07) is 0. The minimum atomic E-state index is -7.07. The van der Waals surface area contributed by atoms with Gasteiger partial charge in [-0.2, -0.15) is 39.5 Å². The first-order chi connectivity index (χ1) is 7.57. The quantitative estimate of drug-likeness (QED) is 0.715. The Kier molecular flexibility index (Phi) is 3.97. The van der Waals surface area contributed by atoms with E-state index in [-0.39, 0.29) is 0 Å². The van der Waals surface area contributed by atoms with Crippen molar-refractivity contribution in [2.75, 3.05) is 0 Å². The molecule has 0 aromatic carbocycles. The molecule has 0 spiro atoms. The first-order valence-corrected chi connectivity index (χ1v) is 3.64. The van der Waals surface area contributed by atoms with Crippen molar-refractivity contribution in [2.24, 2.45) is 0 Å². The van der Waals surface area contributed by atoms with Crippen molar-refractivity contribution in [3.8, 4) is 0 Å². The smallest absolute Gasteiger partial charge is 0.292 e. The summed E-state index contributed by atoms with van der Waals surface area (Å²) in [6.45, 7) is 0. The highest BCUT2D eigenvalue weighted by Crippen LogP contribution is 2.48. The molecule has 0 aromatic rings. The van der Waals surface area contributed by atoms with Crippen molar-refractivity contribution in [3.63, 3.8) is 0 Å². The van der Waals surface area contributed by atoms with Crippen LogP contribution in [0.5, 0.6) is 0 Å². The van der Waals surface area contributed by atoms with Crippen LogP contribution in [0.4, 0.5) is 48.3 Å². The lowest BCUT2D eigenvalue weighted by Gasteiger charge is -2.29. The summed E-state index contributed by atoms with van der Waals surface area (Å²) in [5.41, 5.74) is -6.92. The number of hydrogen-bond acceptors (Lipinski definition) is 1. The van der Waals surface area contributed by atoms with E-state index in [1.54, 1.807) is 0 Å². The van der Waals surface area contributed by atoms with E-state index in [9.17, 15) is 53.1 Å². The third-order valence-electron chi connectivity index (χ3n) is 1.64. The number of halogens is 11. The van der Waals surface area contributed by atoms with Gasteiger partial charge < -0.3 is 0 Å². The van der Waals surface area contributed by atoms with Gasteiger partial charge in [0.1, 0.15) is 0 Å². The first kappa shape index (κ1) is 16.9. The standard InChI is InChI=1S/C6HF11O/c7-1(4(9,10)11)2(18)3(8,5(12,13)14)6(15,16)17/h1H. The third kappa shape index (κ3) is 2.66. The first-order valence-electron chi connectivity index (χ1n) is 3.64. The molecule has 1 atom stereocenters. The van der Waals surface area contributed by atoms with Crippen molar-refractivity contribution in [1.82, 2.24) is 0 Å². The molecule has 0 aliphatic rings. The summed E-state index contributed by atoms with van der Waals surface area (Å²) in [6.07, 6.45) is -25.8. The fourth-order valence-corrected chi connectivity index (χ4v) is 0.763. The highest BCUT2D eigenvalue weighted by molar-refractivity contribution is 5.93. The van der Waals surface area contributed by atoms with Crippen LogP contribution in [-0.2, 0) is 4.79 Å². The predicted octanol–water partition coefficient (Wildman–Crippen LogP) is 3.29. The fraction of sp³-hybridized carbons (Fsp3) is 0.833. The van der Waals surface area contributed by atoms with Crippen LogP contribution >= 0.6 is 0 Å². The molecular formula is C6HF11O. The molecule has 0 aliphatic heterocycles. The van der Waals surface area contributed by atoms with Crippen LogP contribution in [0.3, 0.4) is 0 Å². The van der Waals surface area contributed by atoms with Crippen molar-refractivity contribution >= 4 is 5.78 Å². The lowest BCUT2D eigenvalue weighted by atomic mass is 9.95. The number of carbonyl (C=O) groups excluding carboxylic acids is 1. The molecule has 12 heteroatoms. The monoisotopic (exact) mass is 298 g/mol. The Labute approximate surface area is 90.5 Å². The molecule has 0 aliphatic carbocycles. The molecule has 0 fully saturated rings. The maximum Gasteiger partial charge on any atom is 0.439 e. The minimum Gasteiger partial charge on any atom is -0.292 e. The maximum atomic E-state index is 12.6. The molecule has 18 heavy (non-hydrogen) atoms. The van der Waals surface area contributed by atoms with Gasteiger partial charge in [-0.25, -0.2) is 8.78 Å². The molecule has 0 saturated carbocycles. The highest BCUT2D eigenvalue weighted by Gasteiger charge is 2.79. The fourth-order valence-electron chi connectivity index (χ4n) is 0.763. The second kappa shape index (κ2) is 4.23. The van der Waals surface area contributed by atoms with Gasteiger partial charge in [-0.15, -0.1) is 0 Å². The Morgan fingerprint density at radius 1 is 0.722 bits per heavy atom. The van der Waals surface area contributed by atoms with Gasteiger partial charge in [0.15, 0.2) is 0 Å². The molecule has 108 valence electrons. The molecule has 0 rings (SSSR count). The van der Waals surface area contributed by atoms with Crippen molar-refractivity contribution in [2.45, 2.75) is 30.4 Å². The second-order valence-electron chi connectivity index (χ2n) is 2.92. The molecule has 1 nitrogen and oxygen atoms in total. The van der Waals surface area contributed by atoms with Crippen LogP contribution in [-0.4, -0.2) is 36.2 Å². The second-order valence-corrected chi connectivity index (χ2v) is 2.92. The average Bonchev–Trinajstić information content (AvgIpc) is 2.08. The van der Waals surface area contributed by atoms with E-state index in [1.165, 1.54) is 0 Å². The van der Waals surface area contributed by atoms with Gasteiger partial charge in [0.25, 0.3) is 6.17 Å². The van der Waals surface area contributed by atoms with Crippen LogP contribution < -0.4 is 0 Å². The van der Waals surface area contributed by atoms with Crippen LogP contribution in [0.1, 0.15) is 0 Å². The van der Waals surface area contributed by atoms with Gasteiger partial charge in [-0.05, 0) is 0 Å². The molecule has 0 aromatic heterocycles. The number of rotatable bonds is 2. The van der Waals surface area contributed by atoms with E-state index in [2.05, 4.69) is 0 Å². The minimum absolute atomic E-state index is 4.31.